The lowest BCUT2D eigenvalue weighted by Crippen LogP contribution is -2.10. The Kier molecular flexibility index (Phi) is 5.63. The van der Waals surface area contributed by atoms with E-state index >= 15 is 0 Å². The molecule has 0 atom stereocenters. The summed E-state index contributed by atoms with van der Waals surface area (Å²) in [5, 5.41) is 22.1. The third kappa shape index (κ3) is 3.91. The fourth-order valence-corrected chi connectivity index (χ4v) is 2.79. The van der Waals surface area contributed by atoms with E-state index in [0.717, 1.165) is 29.4 Å². The summed E-state index contributed by atoms with van der Waals surface area (Å²) in [5.41, 5.74) is 2.07. The van der Waals surface area contributed by atoms with E-state index in [0.29, 0.717) is 12.2 Å². The van der Waals surface area contributed by atoms with Crippen molar-refractivity contribution in [3.8, 4) is 5.88 Å². The standard InChI is InChI=1S/C20H22N4O2/c1-2-3-13-24-17-12-8-7-11-16(17)19(20(24)26)23-22-18(25)14-21-15-9-5-4-6-10-15/h4-12,21,26H,2-3,13-14H2,1H3. The van der Waals surface area contributed by atoms with Crippen LogP contribution in [0.2, 0.25) is 0 Å². The molecule has 1 amide bonds. The number of rotatable bonds is 7. The zero-order valence-electron chi connectivity index (χ0n) is 14.7. The van der Waals surface area contributed by atoms with Crippen LogP contribution >= 0.6 is 0 Å². The van der Waals surface area contributed by atoms with Gasteiger partial charge in [0, 0.05) is 17.6 Å². The van der Waals surface area contributed by atoms with E-state index in [1.165, 1.54) is 0 Å². The molecule has 6 nitrogen and oxygen atoms in total. The molecule has 0 aliphatic heterocycles. The van der Waals surface area contributed by atoms with Crippen molar-refractivity contribution < 1.29 is 9.90 Å². The average Bonchev–Trinajstić information content (AvgIpc) is 2.95. The number of hydrogen-bond donors (Lipinski definition) is 2. The molecular formula is C20H22N4O2. The molecule has 3 aromatic rings. The Morgan fingerprint density at radius 1 is 1.12 bits per heavy atom. The molecule has 6 heteroatoms. The highest BCUT2D eigenvalue weighted by molar-refractivity contribution is 5.95. The molecule has 2 aromatic carbocycles. The molecule has 0 bridgehead atoms. The van der Waals surface area contributed by atoms with Gasteiger partial charge in [0.25, 0.3) is 5.91 Å². The fraction of sp³-hybridized carbons (Fsp3) is 0.250. The number of aromatic hydroxyl groups is 1. The van der Waals surface area contributed by atoms with Gasteiger partial charge in [-0.2, -0.15) is 0 Å². The van der Waals surface area contributed by atoms with Crippen LogP contribution in [0.3, 0.4) is 0 Å². The van der Waals surface area contributed by atoms with Crippen LogP contribution in [0.5, 0.6) is 5.88 Å². The SMILES string of the molecule is CCCCn1c(O)c(N=NC(=O)CNc2ccccc2)c2ccccc21. The van der Waals surface area contributed by atoms with Crippen LogP contribution in [0.25, 0.3) is 10.9 Å². The predicted octanol–water partition coefficient (Wildman–Crippen LogP) is 4.87. The number of aryl methyl sites for hydroxylation is 1. The number of carbonyl (C=O) groups is 1. The molecule has 26 heavy (non-hydrogen) atoms. The first-order valence-corrected chi connectivity index (χ1v) is 8.74. The minimum absolute atomic E-state index is 0.0444. The summed E-state index contributed by atoms with van der Waals surface area (Å²) >= 11 is 0. The van der Waals surface area contributed by atoms with Crippen molar-refractivity contribution in [1.29, 1.82) is 0 Å². The molecule has 0 fully saturated rings. The number of unbranched alkanes of at least 4 members (excludes halogenated alkanes) is 1. The van der Waals surface area contributed by atoms with Crippen molar-refractivity contribution in [2.24, 2.45) is 10.2 Å². The highest BCUT2D eigenvalue weighted by Gasteiger charge is 2.16. The Morgan fingerprint density at radius 2 is 1.85 bits per heavy atom. The largest absolute Gasteiger partial charge is 0.493 e. The van der Waals surface area contributed by atoms with Crippen LogP contribution < -0.4 is 5.32 Å². The van der Waals surface area contributed by atoms with Gasteiger partial charge < -0.3 is 15.0 Å². The summed E-state index contributed by atoms with van der Waals surface area (Å²) in [4.78, 5) is 12.0. The van der Waals surface area contributed by atoms with Crippen molar-refractivity contribution in [2.45, 2.75) is 26.3 Å². The Hall–Kier alpha value is -3.15. The molecule has 0 spiro atoms. The molecular weight excluding hydrogens is 328 g/mol. The van der Waals surface area contributed by atoms with E-state index in [9.17, 15) is 9.90 Å². The van der Waals surface area contributed by atoms with Crippen molar-refractivity contribution in [2.75, 3.05) is 11.9 Å². The quantitative estimate of drug-likeness (QED) is 0.597. The molecule has 0 saturated carbocycles. The minimum Gasteiger partial charge on any atom is -0.493 e. The van der Waals surface area contributed by atoms with E-state index in [2.05, 4.69) is 22.5 Å². The minimum atomic E-state index is -0.404. The number of aromatic nitrogens is 1. The van der Waals surface area contributed by atoms with Crippen LogP contribution in [-0.2, 0) is 11.3 Å². The second-order valence-electron chi connectivity index (χ2n) is 6.01. The van der Waals surface area contributed by atoms with E-state index in [1.807, 2.05) is 59.2 Å². The summed E-state index contributed by atoms with van der Waals surface area (Å²) in [7, 11) is 0. The van der Waals surface area contributed by atoms with Crippen molar-refractivity contribution in [1.82, 2.24) is 4.57 Å². The first-order valence-electron chi connectivity index (χ1n) is 8.74. The lowest BCUT2D eigenvalue weighted by atomic mass is 10.2. The molecule has 3 rings (SSSR count). The summed E-state index contributed by atoms with van der Waals surface area (Å²) in [6.07, 6.45) is 1.97. The average molecular weight is 350 g/mol. The van der Waals surface area contributed by atoms with Crippen LogP contribution in [0.1, 0.15) is 19.8 Å². The van der Waals surface area contributed by atoms with Crippen molar-refractivity contribution in [3.05, 3.63) is 54.6 Å². The first kappa shape index (κ1) is 17.7. The lowest BCUT2D eigenvalue weighted by molar-refractivity contribution is -0.116. The summed E-state index contributed by atoms with van der Waals surface area (Å²) in [5.74, 6) is -0.356. The van der Waals surface area contributed by atoms with Crippen LogP contribution in [0.4, 0.5) is 11.4 Å². The van der Waals surface area contributed by atoms with Gasteiger partial charge in [-0.3, -0.25) is 4.79 Å². The van der Waals surface area contributed by atoms with Gasteiger partial charge in [-0.25, -0.2) is 0 Å². The number of nitrogens with one attached hydrogen (secondary N) is 1. The van der Waals surface area contributed by atoms with E-state index < -0.39 is 5.91 Å². The van der Waals surface area contributed by atoms with Gasteiger partial charge in [-0.15, -0.1) is 10.2 Å². The zero-order chi connectivity index (χ0) is 18.4. The number of carbonyl (C=O) groups excluding carboxylic acids is 1. The Labute approximate surface area is 152 Å². The number of benzene rings is 2. The number of fused-ring (bicyclic) bond motifs is 1. The van der Waals surface area contributed by atoms with Crippen LogP contribution in [-0.4, -0.2) is 22.1 Å². The molecule has 134 valence electrons. The fourth-order valence-electron chi connectivity index (χ4n) is 2.79. The predicted molar refractivity (Wildman–Crippen MR) is 103 cm³/mol. The summed E-state index contributed by atoms with van der Waals surface area (Å²) in [6, 6.07) is 17.0. The van der Waals surface area contributed by atoms with Gasteiger partial charge in [0.1, 0.15) is 0 Å². The number of hydrogen-bond acceptors (Lipinski definition) is 4. The third-order valence-corrected chi connectivity index (χ3v) is 4.13. The number of azo groups is 1. The molecule has 0 unspecified atom stereocenters. The lowest BCUT2D eigenvalue weighted by Gasteiger charge is -2.05. The molecule has 0 radical (unpaired) electrons. The number of amides is 1. The van der Waals surface area contributed by atoms with Gasteiger partial charge >= 0.3 is 0 Å². The maximum atomic E-state index is 12.0. The van der Waals surface area contributed by atoms with E-state index in [4.69, 9.17) is 0 Å². The summed E-state index contributed by atoms with van der Waals surface area (Å²) < 4.78 is 1.82. The monoisotopic (exact) mass is 350 g/mol. The second-order valence-corrected chi connectivity index (χ2v) is 6.01. The highest BCUT2D eigenvalue weighted by Crippen LogP contribution is 2.38. The maximum absolute atomic E-state index is 12.0. The second kappa shape index (κ2) is 8.29. The smallest absolute Gasteiger partial charge is 0.283 e. The molecule has 1 heterocycles. The topological polar surface area (TPSA) is 79.0 Å². The van der Waals surface area contributed by atoms with Gasteiger partial charge in [-0.05, 0) is 24.6 Å². The van der Waals surface area contributed by atoms with Crippen molar-refractivity contribution in [3.63, 3.8) is 0 Å². The molecule has 0 aliphatic carbocycles. The van der Waals surface area contributed by atoms with Crippen LogP contribution in [0.15, 0.2) is 64.8 Å². The molecule has 0 saturated heterocycles. The van der Waals surface area contributed by atoms with Gasteiger partial charge in [-0.1, -0.05) is 49.7 Å². The van der Waals surface area contributed by atoms with Gasteiger partial charge in [0.05, 0.1) is 12.1 Å². The number of para-hydroxylation sites is 2. The van der Waals surface area contributed by atoms with Gasteiger partial charge in [0.2, 0.25) is 5.88 Å². The highest BCUT2D eigenvalue weighted by atomic mass is 16.3. The first-order chi connectivity index (χ1) is 12.7. The Morgan fingerprint density at radius 3 is 2.62 bits per heavy atom. The molecule has 2 N–H and O–H groups in total. The van der Waals surface area contributed by atoms with E-state index in [-0.39, 0.29) is 12.4 Å². The number of nitrogens with zero attached hydrogens (tertiary/aromatic N) is 3. The van der Waals surface area contributed by atoms with Gasteiger partial charge in [0.15, 0.2) is 5.69 Å². The molecule has 0 aliphatic rings. The van der Waals surface area contributed by atoms with Crippen molar-refractivity contribution >= 4 is 28.2 Å². The Balaban J connectivity index is 1.78. The summed E-state index contributed by atoms with van der Waals surface area (Å²) in [6.45, 7) is 2.84. The Bertz CT molecular complexity index is 916. The normalized spacial score (nSPS) is 11.3. The zero-order valence-corrected chi connectivity index (χ0v) is 14.7. The maximum Gasteiger partial charge on any atom is 0.283 e. The molecule has 1 aromatic heterocycles. The van der Waals surface area contributed by atoms with Crippen LogP contribution in [0, 0.1) is 0 Å². The third-order valence-electron chi connectivity index (χ3n) is 4.13. The van der Waals surface area contributed by atoms with E-state index in [1.54, 1.807) is 0 Å². The number of anilines is 1.